The van der Waals surface area contributed by atoms with Crippen molar-refractivity contribution in [2.45, 2.75) is 50.3 Å². The van der Waals surface area contributed by atoms with Crippen LogP contribution in [0.4, 0.5) is 11.5 Å². The summed E-state index contributed by atoms with van der Waals surface area (Å²) in [5, 5.41) is 9.69. The summed E-state index contributed by atoms with van der Waals surface area (Å²) in [7, 11) is 0. The van der Waals surface area contributed by atoms with Crippen molar-refractivity contribution < 1.29 is 9.59 Å². The first-order valence-electron chi connectivity index (χ1n) is 8.29. The van der Waals surface area contributed by atoms with Gasteiger partial charge in [0, 0.05) is 23.6 Å². The average Bonchev–Trinajstić information content (AvgIpc) is 3.03. The number of hydrogen-bond acceptors (Lipinski definition) is 4. The van der Waals surface area contributed by atoms with Gasteiger partial charge in [-0.3, -0.25) is 9.59 Å². The Balaban J connectivity index is 1.96. The summed E-state index contributed by atoms with van der Waals surface area (Å²) < 4.78 is 1.83. The number of aromatic nitrogens is 2. The summed E-state index contributed by atoms with van der Waals surface area (Å²) in [5.41, 5.74) is 0.742. The number of carbonyl (C=O) groups excluding carboxylic acids is 2. The largest absolute Gasteiger partial charge is 0.326 e. The fourth-order valence-electron chi connectivity index (χ4n) is 2.24. The van der Waals surface area contributed by atoms with Gasteiger partial charge in [0.1, 0.15) is 5.82 Å². The maximum atomic E-state index is 12.5. The molecule has 0 saturated heterocycles. The van der Waals surface area contributed by atoms with Crippen LogP contribution in [0.1, 0.15) is 40.2 Å². The summed E-state index contributed by atoms with van der Waals surface area (Å²) in [6.07, 6.45) is 2.63. The van der Waals surface area contributed by atoms with Gasteiger partial charge in [0.25, 0.3) is 0 Å². The zero-order valence-corrected chi connectivity index (χ0v) is 15.8. The SMILES string of the molecule is CC[C@H](C)n1nccc1NC(=O)[C@@H](C)Sc1ccc(NC(C)=O)cc1. The standard InChI is InChI=1S/C18H24N4O2S/c1-5-12(2)22-17(10-11-19-22)21-18(24)13(3)25-16-8-6-15(7-9-16)20-14(4)23/h6-13H,5H2,1-4H3,(H,20,23)(H,21,24)/t12-,13+/m0/s1. The highest BCUT2D eigenvalue weighted by atomic mass is 32.2. The van der Waals surface area contributed by atoms with Gasteiger partial charge in [0.05, 0.1) is 17.5 Å². The van der Waals surface area contributed by atoms with E-state index in [9.17, 15) is 9.59 Å². The lowest BCUT2D eigenvalue weighted by molar-refractivity contribution is -0.115. The van der Waals surface area contributed by atoms with Gasteiger partial charge in [0.2, 0.25) is 11.8 Å². The van der Waals surface area contributed by atoms with E-state index in [4.69, 9.17) is 0 Å². The molecule has 0 unspecified atom stereocenters. The van der Waals surface area contributed by atoms with Crippen LogP contribution in [0.25, 0.3) is 0 Å². The maximum Gasteiger partial charge on any atom is 0.238 e. The molecule has 2 atom stereocenters. The molecular formula is C18H24N4O2S. The molecule has 0 aliphatic rings. The van der Waals surface area contributed by atoms with E-state index in [-0.39, 0.29) is 23.1 Å². The lowest BCUT2D eigenvalue weighted by Gasteiger charge is -2.16. The van der Waals surface area contributed by atoms with Crippen LogP contribution in [0.2, 0.25) is 0 Å². The molecule has 1 aromatic carbocycles. The van der Waals surface area contributed by atoms with Gasteiger partial charge in [-0.2, -0.15) is 5.10 Å². The molecule has 0 saturated carbocycles. The van der Waals surface area contributed by atoms with Crippen molar-refractivity contribution >= 4 is 35.1 Å². The van der Waals surface area contributed by atoms with Gasteiger partial charge in [-0.05, 0) is 44.5 Å². The van der Waals surface area contributed by atoms with Crippen molar-refractivity contribution in [1.29, 1.82) is 0 Å². The van der Waals surface area contributed by atoms with Crippen molar-refractivity contribution in [3.8, 4) is 0 Å². The second-order valence-electron chi connectivity index (χ2n) is 5.87. The molecule has 0 aliphatic heterocycles. The number of hydrogen-bond donors (Lipinski definition) is 2. The molecule has 6 nitrogen and oxygen atoms in total. The smallest absolute Gasteiger partial charge is 0.238 e. The average molecular weight is 360 g/mol. The highest BCUT2D eigenvalue weighted by molar-refractivity contribution is 8.00. The predicted octanol–water partition coefficient (Wildman–Crippen LogP) is 3.93. The maximum absolute atomic E-state index is 12.5. The third-order valence-corrected chi connectivity index (χ3v) is 4.90. The molecule has 2 aromatic rings. The Labute approximate surface area is 152 Å². The summed E-state index contributed by atoms with van der Waals surface area (Å²) >= 11 is 1.47. The number of thioether (sulfide) groups is 1. The van der Waals surface area contributed by atoms with E-state index >= 15 is 0 Å². The molecule has 2 amide bonds. The quantitative estimate of drug-likeness (QED) is 0.734. The minimum absolute atomic E-state index is 0.0685. The Morgan fingerprint density at radius 2 is 1.84 bits per heavy atom. The van der Waals surface area contributed by atoms with Gasteiger partial charge >= 0.3 is 0 Å². The molecule has 0 spiro atoms. The molecule has 0 aliphatic carbocycles. The van der Waals surface area contributed by atoms with Crippen LogP contribution >= 0.6 is 11.8 Å². The van der Waals surface area contributed by atoms with E-state index in [1.165, 1.54) is 18.7 Å². The molecule has 134 valence electrons. The van der Waals surface area contributed by atoms with E-state index in [0.717, 1.165) is 17.0 Å². The normalized spacial score (nSPS) is 13.1. The minimum atomic E-state index is -0.258. The van der Waals surface area contributed by atoms with Gasteiger partial charge in [0.15, 0.2) is 0 Å². The number of anilines is 2. The molecule has 0 bridgehead atoms. The first kappa shape index (κ1) is 19.1. The van der Waals surface area contributed by atoms with Gasteiger partial charge in [-0.15, -0.1) is 11.8 Å². The fraction of sp³-hybridized carbons (Fsp3) is 0.389. The van der Waals surface area contributed by atoms with Crippen molar-refractivity contribution in [1.82, 2.24) is 9.78 Å². The van der Waals surface area contributed by atoms with Crippen molar-refractivity contribution in [2.24, 2.45) is 0 Å². The summed E-state index contributed by atoms with van der Waals surface area (Å²) in [4.78, 5) is 24.5. The van der Waals surface area contributed by atoms with Crippen LogP contribution in [0.5, 0.6) is 0 Å². The van der Waals surface area contributed by atoms with E-state index < -0.39 is 0 Å². The van der Waals surface area contributed by atoms with E-state index in [1.54, 1.807) is 6.20 Å². The third kappa shape index (κ3) is 5.35. The molecule has 25 heavy (non-hydrogen) atoms. The lowest BCUT2D eigenvalue weighted by atomic mass is 10.3. The number of rotatable bonds is 7. The van der Waals surface area contributed by atoms with Gasteiger partial charge < -0.3 is 10.6 Å². The molecule has 0 radical (unpaired) electrons. The van der Waals surface area contributed by atoms with Gasteiger partial charge in [-0.1, -0.05) is 6.92 Å². The lowest BCUT2D eigenvalue weighted by Crippen LogP contribution is -2.24. The number of amides is 2. The minimum Gasteiger partial charge on any atom is -0.326 e. The topological polar surface area (TPSA) is 76.0 Å². The Morgan fingerprint density at radius 1 is 1.16 bits per heavy atom. The highest BCUT2D eigenvalue weighted by Crippen LogP contribution is 2.26. The van der Waals surface area contributed by atoms with E-state index in [0.29, 0.717) is 5.82 Å². The summed E-state index contributed by atoms with van der Waals surface area (Å²) in [6, 6.07) is 9.48. The highest BCUT2D eigenvalue weighted by Gasteiger charge is 2.17. The summed E-state index contributed by atoms with van der Waals surface area (Å²) in [6.45, 7) is 7.49. The van der Waals surface area contributed by atoms with Crippen LogP contribution < -0.4 is 10.6 Å². The molecule has 2 N–H and O–H groups in total. The number of carbonyl (C=O) groups is 2. The Morgan fingerprint density at radius 3 is 2.44 bits per heavy atom. The Kier molecular flexibility index (Phi) is 6.64. The number of benzene rings is 1. The number of nitrogens with one attached hydrogen (secondary N) is 2. The number of nitrogens with zero attached hydrogens (tertiary/aromatic N) is 2. The fourth-order valence-corrected chi connectivity index (χ4v) is 3.11. The molecule has 2 rings (SSSR count). The first-order chi connectivity index (χ1) is 11.9. The van der Waals surface area contributed by atoms with Crippen LogP contribution in [0, 0.1) is 0 Å². The Bertz CT molecular complexity index is 727. The second kappa shape index (κ2) is 8.71. The van der Waals surface area contributed by atoms with Crippen LogP contribution in [-0.4, -0.2) is 26.8 Å². The second-order valence-corrected chi connectivity index (χ2v) is 7.29. The van der Waals surface area contributed by atoms with Gasteiger partial charge in [-0.25, -0.2) is 4.68 Å². The van der Waals surface area contributed by atoms with E-state index in [1.807, 2.05) is 41.9 Å². The predicted molar refractivity (Wildman–Crippen MR) is 102 cm³/mol. The van der Waals surface area contributed by atoms with Crippen LogP contribution in [-0.2, 0) is 9.59 Å². The zero-order chi connectivity index (χ0) is 18.4. The first-order valence-corrected chi connectivity index (χ1v) is 9.17. The van der Waals surface area contributed by atoms with Crippen molar-refractivity contribution in [3.63, 3.8) is 0 Å². The zero-order valence-electron chi connectivity index (χ0n) is 14.9. The van der Waals surface area contributed by atoms with Crippen LogP contribution in [0.15, 0.2) is 41.4 Å². The summed E-state index contributed by atoms with van der Waals surface area (Å²) in [5.74, 6) is 0.542. The monoisotopic (exact) mass is 360 g/mol. The molecular weight excluding hydrogens is 336 g/mol. The molecule has 7 heteroatoms. The van der Waals surface area contributed by atoms with Crippen LogP contribution in [0.3, 0.4) is 0 Å². The molecule has 1 heterocycles. The van der Waals surface area contributed by atoms with Crippen molar-refractivity contribution in [3.05, 3.63) is 36.5 Å². The third-order valence-electron chi connectivity index (χ3n) is 3.79. The van der Waals surface area contributed by atoms with E-state index in [2.05, 4.69) is 29.6 Å². The van der Waals surface area contributed by atoms with Crippen molar-refractivity contribution in [2.75, 3.05) is 10.6 Å². The molecule has 0 fully saturated rings. The Hall–Kier alpha value is -2.28. The molecule has 1 aromatic heterocycles.